The number of carbonyl (C=O) groups is 1. The van der Waals surface area contributed by atoms with Crippen molar-refractivity contribution in [3.05, 3.63) is 116 Å². The second kappa shape index (κ2) is 13.1. The largest absolute Gasteiger partial charge is 1.00 e. The average Bonchev–Trinajstić information content (AvgIpc) is 2.89. The van der Waals surface area contributed by atoms with E-state index in [2.05, 4.69) is 5.32 Å². The zero-order chi connectivity index (χ0) is 27.4. The number of halogens is 2. The molecule has 5 aromatic rings. The van der Waals surface area contributed by atoms with Gasteiger partial charge in [0.2, 0.25) is 0 Å². The predicted octanol–water partition coefficient (Wildman–Crippen LogP) is 3.28. The number of hydrogen-bond donors (Lipinski definition) is 3. The SMILES string of the molecule is Cc1ccc(Cl)c(Nc2ccccc2C(=O)[O-])c1Cl.O=c1cc(-c2ccccc2)oc2cc(O)cc(O)c12.[Na+]. The molecule has 192 valence electrons. The molecule has 0 bridgehead atoms. The number of rotatable bonds is 4. The Morgan fingerprint density at radius 1 is 0.923 bits per heavy atom. The quantitative estimate of drug-likeness (QED) is 0.283. The molecule has 0 radical (unpaired) electrons. The molecule has 0 saturated heterocycles. The summed E-state index contributed by atoms with van der Waals surface area (Å²) in [4.78, 5) is 23.0. The minimum Gasteiger partial charge on any atom is -0.545 e. The molecule has 4 aromatic carbocycles. The summed E-state index contributed by atoms with van der Waals surface area (Å²) in [7, 11) is 0. The Kier molecular flexibility index (Phi) is 10.1. The van der Waals surface area contributed by atoms with Crippen LogP contribution >= 0.6 is 23.2 Å². The third-order valence-electron chi connectivity index (χ3n) is 5.54. The van der Waals surface area contributed by atoms with Crippen molar-refractivity contribution in [3.63, 3.8) is 0 Å². The van der Waals surface area contributed by atoms with Crippen LogP contribution in [0.4, 0.5) is 11.4 Å². The Hall–Kier alpha value is -3.46. The first kappa shape index (κ1) is 30.1. The van der Waals surface area contributed by atoms with Gasteiger partial charge in [-0.3, -0.25) is 4.79 Å². The van der Waals surface area contributed by atoms with Gasteiger partial charge in [0.25, 0.3) is 0 Å². The molecule has 0 aliphatic rings. The number of carboxylic acid groups (broad SMARTS) is 1. The molecule has 0 fully saturated rings. The molecular weight excluding hydrogens is 552 g/mol. The van der Waals surface area contributed by atoms with E-state index in [1.807, 2.05) is 37.3 Å². The zero-order valence-corrected chi connectivity index (χ0v) is 24.4. The molecular formula is C29H20Cl2NNaO6. The van der Waals surface area contributed by atoms with Crippen molar-refractivity contribution in [2.24, 2.45) is 0 Å². The first-order chi connectivity index (χ1) is 18.2. The van der Waals surface area contributed by atoms with Crippen molar-refractivity contribution >= 4 is 51.5 Å². The zero-order valence-electron chi connectivity index (χ0n) is 20.9. The molecule has 0 spiro atoms. The van der Waals surface area contributed by atoms with Crippen LogP contribution in [0.2, 0.25) is 10.0 Å². The number of carboxylic acids is 1. The summed E-state index contributed by atoms with van der Waals surface area (Å²) < 4.78 is 5.57. The summed E-state index contributed by atoms with van der Waals surface area (Å²) in [6.07, 6.45) is 0. The molecule has 1 aromatic heterocycles. The standard InChI is InChI=1S/C15H10O4.C14H11Cl2NO2.Na/c16-10-6-11(17)15-12(18)8-13(19-14(15)7-10)9-4-2-1-3-5-9;1-8-6-7-10(15)13(12(8)16)17-11-5-3-2-4-9(11)14(18)19;/h1-8,16-17H;2-7,17H,1H3,(H,18,19);/q;;+1/p-1. The van der Waals surface area contributed by atoms with Crippen LogP contribution in [0, 0.1) is 6.92 Å². The van der Waals surface area contributed by atoms with Crippen LogP contribution in [0.15, 0.2) is 94.1 Å². The molecule has 1 heterocycles. The van der Waals surface area contributed by atoms with Crippen molar-refractivity contribution in [1.29, 1.82) is 0 Å². The van der Waals surface area contributed by atoms with E-state index in [1.54, 1.807) is 30.3 Å². The topological polar surface area (TPSA) is 123 Å². The van der Waals surface area contributed by atoms with Crippen LogP contribution in [0.25, 0.3) is 22.3 Å². The molecule has 0 aliphatic carbocycles. The molecule has 0 unspecified atom stereocenters. The molecule has 0 atom stereocenters. The third kappa shape index (κ3) is 6.95. The first-order valence-electron chi connectivity index (χ1n) is 11.2. The second-order valence-corrected chi connectivity index (χ2v) is 8.98. The van der Waals surface area contributed by atoms with Gasteiger partial charge in [-0.15, -0.1) is 0 Å². The van der Waals surface area contributed by atoms with E-state index < -0.39 is 5.97 Å². The number of benzene rings is 4. The van der Waals surface area contributed by atoms with E-state index in [1.165, 1.54) is 18.2 Å². The maximum absolute atomic E-state index is 12.0. The van der Waals surface area contributed by atoms with E-state index in [4.69, 9.17) is 27.6 Å². The summed E-state index contributed by atoms with van der Waals surface area (Å²) in [5.41, 5.74) is 2.33. The summed E-state index contributed by atoms with van der Waals surface area (Å²) >= 11 is 12.2. The first-order valence-corrected chi connectivity index (χ1v) is 12.0. The van der Waals surface area contributed by atoms with E-state index in [0.29, 0.717) is 27.2 Å². The van der Waals surface area contributed by atoms with Gasteiger partial charge in [0.15, 0.2) is 5.43 Å². The summed E-state index contributed by atoms with van der Waals surface area (Å²) in [5, 5.41) is 34.0. The fraction of sp³-hybridized carbons (Fsp3) is 0.0345. The number of para-hydroxylation sites is 1. The smallest absolute Gasteiger partial charge is 0.545 e. The van der Waals surface area contributed by atoms with Gasteiger partial charge < -0.3 is 29.8 Å². The van der Waals surface area contributed by atoms with Crippen LogP contribution in [0.3, 0.4) is 0 Å². The van der Waals surface area contributed by atoms with Crippen molar-refractivity contribution in [3.8, 4) is 22.8 Å². The van der Waals surface area contributed by atoms with Gasteiger partial charge in [-0.25, -0.2) is 0 Å². The molecule has 0 aliphatic heterocycles. The van der Waals surface area contributed by atoms with Crippen molar-refractivity contribution < 1.29 is 54.1 Å². The van der Waals surface area contributed by atoms with Gasteiger partial charge in [-0.05, 0) is 24.6 Å². The van der Waals surface area contributed by atoms with Crippen molar-refractivity contribution in [1.82, 2.24) is 0 Å². The third-order valence-corrected chi connectivity index (χ3v) is 6.35. The monoisotopic (exact) mass is 571 g/mol. The van der Waals surface area contributed by atoms with Crippen molar-refractivity contribution in [2.75, 3.05) is 5.32 Å². The van der Waals surface area contributed by atoms with Crippen molar-refractivity contribution in [2.45, 2.75) is 6.92 Å². The predicted molar refractivity (Wildman–Crippen MR) is 147 cm³/mol. The molecule has 39 heavy (non-hydrogen) atoms. The van der Waals surface area contributed by atoms with Gasteiger partial charge in [-0.2, -0.15) is 0 Å². The Balaban J connectivity index is 0.000000210. The Morgan fingerprint density at radius 3 is 2.28 bits per heavy atom. The molecule has 5 rings (SSSR count). The number of nitrogens with one attached hydrogen (secondary N) is 1. The van der Waals surface area contributed by atoms with Gasteiger partial charge in [0.1, 0.15) is 28.2 Å². The normalized spacial score (nSPS) is 10.2. The summed E-state index contributed by atoms with van der Waals surface area (Å²) in [6, 6.07) is 22.8. The Morgan fingerprint density at radius 2 is 1.59 bits per heavy atom. The summed E-state index contributed by atoms with van der Waals surface area (Å²) in [5.74, 6) is -1.31. The van der Waals surface area contributed by atoms with E-state index >= 15 is 0 Å². The number of aromatic carboxylic acids is 1. The average molecular weight is 572 g/mol. The van der Waals surface area contributed by atoms with Crippen LogP contribution < -0.4 is 45.4 Å². The van der Waals surface area contributed by atoms with E-state index in [0.717, 1.165) is 17.2 Å². The molecule has 7 nitrogen and oxygen atoms in total. The number of carbonyl (C=O) groups excluding carboxylic acids is 1. The molecule has 3 N–H and O–H groups in total. The second-order valence-electron chi connectivity index (χ2n) is 8.19. The maximum Gasteiger partial charge on any atom is 1.00 e. The van der Waals surface area contributed by atoms with Crippen LogP contribution in [-0.2, 0) is 0 Å². The minimum atomic E-state index is -1.26. The number of phenolic OH excluding ortho intramolecular Hbond substituents is 2. The van der Waals surface area contributed by atoms with Gasteiger partial charge in [0, 0.05) is 35.0 Å². The van der Waals surface area contributed by atoms with Gasteiger partial charge in [0.05, 0.1) is 21.7 Å². The Labute approximate surface area is 255 Å². The number of aromatic hydroxyl groups is 2. The number of phenols is 2. The fourth-order valence-corrected chi connectivity index (χ4v) is 4.14. The number of aryl methyl sites for hydroxylation is 1. The maximum atomic E-state index is 12.0. The molecule has 0 amide bonds. The van der Waals surface area contributed by atoms with Crippen LogP contribution in [0.5, 0.6) is 11.5 Å². The van der Waals surface area contributed by atoms with E-state index in [9.17, 15) is 24.9 Å². The Bertz CT molecular complexity index is 1710. The molecule has 10 heteroatoms. The van der Waals surface area contributed by atoms with Gasteiger partial charge in [-0.1, -0.05) is 77.8 Å². The summed E-state index contributed by atoms with van der Waals surface area (Å²) in [6.45, 7) is 1.84. The van der Waals surface area contributed by atoms with Crippen LogP contribution in [-0.4, -0.2) is 16.2 Å². The van der Waals surface area contributed by atoms with Crippen LogP contribution in [0.1, 0.15) is 15.9 Å². The van der Waals surface area contributed by atoms with E-state index in [-0.39, 0.29) is 63.0 Å². The van der Waals surface area contributed by atoms with Gasteiger partial charge >= 0.3 is 29.6 Å². The number of hydrogen-bond acceptors (Lipinski definition) is 7. The fourth-order valence-electron chi connectivity index (χ4n) is 3.67. The number of fused-ring (bicyclic) bond motifs is 1. The number of anilines is 2. The molecule has 0 saturated carbocycles. The minimum absolute atomic E-state index is 0.